The molecule has 1 unspecified atom stereocenters. The molecule has 188 valence electrons. The Morgan fingerprint density at radius 3 is 2.57 bits per heavy atom. The van der Waals surface area contributed by atoms with Gasteiger partial charge in [-0.3, -0.25) is 4.79 Å². The van der Waals surface area contributed by atoms with Gasteiger partial charge in [-0.15, -0.1) is 0 Å². The smallest absolute Gasteiger partial charge is 0.250 e. The van der Waals surface area contributed by atoms with Gasteiger partial charge in [0.2, 0.25) is 10.0 Å². The molecule has 1 amide bonds. The van der Waals surface area contributed by atoms with Crippen LogP contribution in [0.15, 0.2) is 48.7 Å². The van der Waals surface area contributed by atoms with Crippen molar-refractivity contribution in [1.82, 2.24) is 14.6 Å². The molecule has 2 heterocycles. The van der Waals surface area contributed by atoms with E-state index in [4.69, 9.17) is 10.8 Å². The second kappa shape index (κ2) is 10.9. The van der Waals surface area contributed by atoms with Gasteiger partial charge in [0.05, 0.1) is 23.4 Å². The number of sulfonamides is 1. The molecule has 2 aromatic carbocycles. The summed E-state index contributed by atoms with van der Waals surface area (Å²) in [5, 5.41) is 13.1. The summed E-state index contributed by atoms with van der Waals surface area (Å²) in [7, 11) is -3.32. The zero-order chi connectivity index (χ0) is 25.0. The minimum Gasteiger partial charge on any atom is -0.395 e. The lowest BCUT2D eigenvalue weighted by Crippen LogP contribution is -2.40. The van der Waals surface area contributed by atoms with E-state index in [1.807, 2.05) is 49.5 Å². The van der Waals surface area contributed by atoms with E-state index in [9.17, 15) is 13.2 Å². The second-order valence-corrected chi connectivity index (χ2v) is 11.4. The van der Waals surface area contributed by atoms with Gasteiger partial charge in [-0.1, -0.05) is 30.3 Å². The molecule has 0 spiro atoms. The molecule has 35 heavy (non-hydrogen) atoms. The molecule has 0 bridgehead atoms. The molecule has 4 rings (SSSR count). The normalized spacial score (nSPS) is 16.5. The van der Waals surface area contributed by atoms with Crippen LogP contribution >= 0.6 is 0 Å². The molecule has 1 aliphatic heterocycles. The van der Waals surface area contributed by atoms with Crippen LogP contribution in [0.2, 0.25) is 0 Å². The zero-order valence-electron chi connectivity index (χ0n) is 20.0. The van der Waals surface area contributed by atoms with Crippen molar-refractivity contribution in [2.24, 2.45) is 5.73 Å². The second-order valence-electron chi connectivity index (χ2n) is 9.30. The fourth-order valence-electron chi connectivity index (χ4n) is 4.82. The van der Waals surface area contributed by atoms with Crippen LogP contribution in [0.25, 0.3) is 22.0 Å². The number of nitrogens with one attached hydrogen (secondary N) is 2. The molecular weight excluding hydrogens is 464 g/mol. The van der Waals surface area contributed by atoms with Gasteiger partial charge in [0, 0.05) is 30.7 Å². The number of aromatic nitrogens is 1. The van der Waals surface area contributed by atoms with Crippen molar-refractivity contribution in [2.75, 3.05) is 32.0 Å². The first-order valence-corrected chi connectivity index (χ1v) is 13.7. The summed E-state index contributed by atoms with van der Waals surface area (Å²) in [6.45, 7) is 3.39. The van der Waals surface area contributed by atoms with Gasteiger partial charge < -0.3 is 21.1 Å². The maximum Gasteiger partial charge on any atom is 0.250 e. The van der Waals surface area contributed by atoms with Crippen molar-refractivity contribution in [3.63, 3.8) is 0 Å². The molecule has 0 radical (unpaired) electrons. The summed E-state index contributed by atoms with van der Waals surface area (Å²) in [5.74, 6) is -0.197. The van der Waals surface area contributed by atoms with E-state index in [1.54, 1.807) is 4.31 Å². The van der Waals surface area contributed by atoms with E-state index in [1.165, 1.54) is 0 Å². The number of rotatable bonds is 10. The summed E-state index contributed by atoms with van der Waals surface area (Å²) in [5.41, 5.74) is 9.92. The van der Waals surface area contributed by atoms with E-state index in [0.717, 1.165) is 27.6 Å². The Morgan fingerprint density at radius 2 is 1.91 bits per heavy atom. The monoisotopic (exact) mass is 498 g/mol. The first kappa shape index (κ1) is 25.4. The Morgan fingerprint density at radius 1 is 1.20 bits per heavy atom. The number of H-pyrrole nitrogens is 1. The summed E-state index contributed by atoms with van der Waals surface area (Å²) >= 11 is 0. The molecule has 1 atom stereocenters. The van der Waals surface area contributed by atoms with Crippen LogP contribution in [0.4, 0.5) is 0 Å². The van der Waals surface area contributed by atoms with E-state index in [-0.39, 0.29) is 24.3 Å². The largest absolute Gasteiger partial charge is 0.395 e. The van der Waals surface area contributed by atoms with Crippen LogP contribution in [0.5, 0.6) is 0 Å². The van der Waals surface area contributed by atoms with Gasteiger partial charge >= 0.3 is 0 Å². The maximum absolute atomic E-state index is 12.8. The third kappa shape index (κ3) is 5.75. The zero-order valence-corrected chi connectivity index (χ0v) is 20.9. The highest BCUT2D eigenvalue weighted by molar-refractivity contribution is 7.89. The number of carbonyl (C=O) groups is 1. The van der Waals surface area contributed by atoms with Crippen molar-refractivity contribution in [2.45, 2.75) is 38.1 Å². The van der Waals surface area contributed by atoms with Gasteiger partial charge in [0.25, 0.3) is 5.91 Å². The van der Waals surface area contributed by atoms with Gasteiger partial charge in [0.1, 0.15) is 0 Å². The third-order valence-electron chi connectivity index (χ3n) is 6.83. The number of primary amides is 1. The first-order valence-electron chi connectivity index (χ1n) is 12.1. The number of piperidine rings is 1. The SMILES string of the molecule is CC(CO)NCCCS(=O)(=O)N1CCC(c2c[nH]c3c(C(N)=O)cc(-c4ccccc4)cc23)CC1. The number of benzene rings is 2. The molecule has 1 saturated heterocycles. The Balaban J connectivity index is 1.49. The van der Waals surface area contributed by atoms with Crippen LogP contribution in [0.3, 0.4) is 0 Å². The topological polar surface area (TPSA) is 129 Å². The third-order valence-corrected chi connectivity index (χ3v) is 8.78. The average molecular weight is 499 g/mol. The fourth-order valence-corrected chi connectivity index (χ4v) is 6.36. The number of amides is 1. The van der Waals surface area contributed by atoms with Crippen molar-refractivity contribution < 1.29 is 18.3 Å². The molecule has 9 heteroatoms. The van der Waals surface area contributed by atoms with Gasteiger partial charge in [0.15, 0.2) is 0 Å². The van der Waals surface area contributed by atoms with Crippen molar-refractivity contribution in [1.29, 1.82) is 0 Å². The maximum atomic E-state index is 12.8. The Bertz CT molecular complexity index is 1270. The van der Waals surface area contributed by atoms with Crippen LogP contribution in [-0.2, 0) is 10.0 Å². The molecule has 3 aromatic rings. The number of aliphatic hydroxyl groups is 1. The lowest BCUT2D eigenvalue weighted by atomic mass is 9.88. The standard InChI is InChI=1S/C26H34N4O4S/c1-18(17-31)28-10-5-13-35(33,34)30-11-8-20(9-12-30)24-16-29-25-22(24)14-21(15-23(25)26(27)32)19-6-3-2-4-7-19/h2-4,6-7,14-16,18,20,28-29,31H,5,8-13,17H2,1H3,(H2,27,32). The lowest BCUT2D eigenvalue weighted by molar-refractivity contribution is 0.100. The Labute approximate surface area is 206 Å². The van der Waals surface area contributed by atoms with Crippen LogP contribution in [0.1, 0.15) is 48.0 Å². The molecule has 0 aliphatic carbocycles. The van der Waals surface area contributed by atoms with E-state index in [0.29, 0.717) is 44.5 Å². The highest BCUT2D eigenvalue weighted by Gasteiger charge is 2.30. The highest BCUT2D eigenvalue weighted by atomic mass is 32.2. The average Bonchev–Trinajstić information content (AvgIpc) is 3.30. The first-order chi connectivity index (χ1) is 16.8. The molecule has 1 fully saturated rings. The highest BCUT2D eigenvalue weighted by Crippen LogP contribution is 2.37. The van der Waals surface area contributed by atoms with Crippen molar-refractivity contribution >= 4 is 26.8 Å². The Hall–Kier alpha value is -2.72. The summed E-state index contributed by atoms with van der Waals surface area (Å²) in [6, 6.07) is 13.7. The van der Waals surface area contributed by atoms with E-state index in [2.05, 4.69) is 16.4 Å². The van der Waals surface area contributed by atoms with Gasteiger partial charge in [-0.25, -0.2) is 12.7 Å². The van der Waals surface area contributed by atoms with Crippen LogP contribution in [0, 0.1) is 0 Å². The number of hydrogen-bond donors (Lipinski definition) is 4. The predicted molar refractivity (Wildman–Crippen MR) is 139 cm³/mol. The van der Waals surface area contributed by atoms with Crippen LogP contribution < -0.4 is 11.1 Å². The number of carbonyl (C=O) groups excluding carboxylic acids is 1. The van der Waals surface area contributed by atoms with Crippen molar-refractivity contribution in [3.05, 3.63) is 59.8 Å². The lowest BCUT2D eigenvalue weighted by Gasteiger charge is -2.31. The molecule has 1 aliphatic rings. The number of hydrogen-bond acceptors (Lipinski definition) is 5. The van der Waals surface area contributed by atoms with E-state index >= 15 is 0 Å². The molecule has 1 aromatic heterocycles. The molecular formula is C26H34N4O4S. The Kier molecular flexibility index (Phi) is 7.91. The number of aromatic amines is 1. The van der Waals surface area contributed by atoms with Crippen LogP contribution in [-0.4, -0.2) is 66.8 Å². The van der Waals surface area contributed by atoms with E-state index < -0.39 is 15.9 Å². The fraction of sp³-hybridized carbons (Fsp3) is 0.423. The molecule has 5 N–H and O–H groups in total. The number of nitrogens with two attached hydrogens (primary N) is 1. The number of aliphatic hydroxyl groups excluding tert-OH is 1. The predicted octanol–water partition coefficient (Wildman–Crippen LogP) is 2.80. The van der Waals surface area contributed by atoms with Gasteiger partial charge in [-0.05, 0) is 67.5 Å². The summed E-state index contributed by atoms with van der Waals surface area (Å²) < 4.78 is 27.2. The van der Waals surface area contributed by atoms with Gasteiger partial charge in [-0.2, -0.15) is 0 Å². The molecule has 0 saturated carbocycles. The minimum atomic E-state index is -3.32. The summed E-state index contributed by atoms with van der Waals surface area (Å²) in [6.07, 6.45) is 3.88. The number of nitrogens with zero attached hydrogens (tertiary/aromatic N) is 1. The quantitative estimate of drug-likeness (QED) is 0.320. The van der Waals surface area contributed by atoms with Crippen molar-refractivity contribution in [3.8, 4) is 11.1 Å². The summed E-state index contributed by atoms with van der Waals surface area (Å²) in [4.78, 5) is 15.5. The number of fused-ring (bicyclic) bond motifs is 1. The molecule has 8 nitrogen and oxygen atoms in total. The minimum absolute atomic E-state index is 0.0296.